The smallest absolute Gasteiger partial charge is 0.249 e. The standard InChI is InChI=1S/C10H13N3O2/c11-5-7-4-10(15)13(6-7)8-2-1-3-9(14)12-8/h1-3,7H,4-6,11H2,(H,12,14). The SMILES string of the molecule is NCC1CC(=O)N(c2cccc(=O)[nH]2)C1. The van der Waals surface area contributed by atoms with Crippen molar-refractivity contribution in [2.75, 3.05) is 18.0 Å². The second-order valence-electron chi connectivity index (χ2n) is 3.71. The van der Waals surface area contributed by atoms with Crippen LogP contribution in [0.25, 0.3) is 0 Å². The summed E-state index contributed by atoms with van der Waals surface area (Å²) in [5.74, 6) is 0.775. The predicted octanol–water partition coefficient (Wildman–Crippen LogP) is -0.314. The number of nitrogens with two attached hydrogens (primary N) is 1. The van der Waals surface area contributed by atoms with Crippen LogP contribution in [-0.2, 0) is 4.79 Å². The monoisotopic (exact) mass is 207 g/mol. The molecule has 1 saturated heterocycles. The number of nitrogens with zero attached hydrogens (tertiary/aromatic N) is 1. The van der Waals surface area contributed by atoms with Gasteiger partial charge < -0.3 is 10.7 Å². The quantitative estimate of drug-likeness (QED) is 0.698. The normalized spacial score (nSPS) is 21.0. The number of carbonyl (C=O) groups excluding carboxylic acids is 1. The highest BCUT2D eigenvalue weighted by molar-refractivity contribution is 5.94. The fourth-order valence-electron chi connectivity index (χ4n) is 1.77. The zero-order chi connectivity index (χ0) is 10.8. The number of hydrogen-bond acceptors (Lipinski definition) is 3. The fraction of sp³-hybridized carbons (Fsp3) is 0.400. The molecule has 5 nitrogen and oxygen atoms in total. The minimum absolute atomic E-state index is 0.0206. The van der Waals surface area contributed by atoms with Crippen LogP contribution in [0, 0.1) is 5.92 Å². The Bertz CT molecular complexity index is 427. The highest BCUT2D eigenvalue weighted by atomic mass is 16.2. The van der Waals surface area contributed by atoms with E-state index in [-0.39, 0.29) is 17.4 Å². The van der Waals surface area contributed by atoms with E-state index in [1.807, 2.05) is 0 Å². The highest BCUT2D eigenvalue weighted by Gasteiger charge is 2.29. The Morgan fingerprint density at radius 1 is 1.47 bits per heavy atom. The van der Waals surface area contributed by atoms with Gasteiger partial charge in [-0.3, -0.25) is 14.5 Å². The highest BCUT2D eigenvalue weighted by Crippen LogP contribution is 2.21. The Kier molecular flexibility index (Phi) is 2.55. The van der Waals surface area contributed by atoms with E-state index in [1.54, 1.807) is 17.0 Å². The van der Waals surface area contributed by atoms with Crippen LogP contribution in [0.5, 0.6) is 0 Å². The van der Waals surface area contributed by atoms with Gasteiger partial charge in [0.05, 0.1) is 0 Å². The van der Waals surface area contributed by atoms with Gasteiger partial charge in [0.25, 0.3) is 0 Å². The molecule has 3 N–H and O–H groups in total. The van der Waals surface area contributed by atoms with Gasteiger partial charge in [-0.2, -0.15) is 0 Å². The molecule has 1 atom stereocenters. The van der Waals surface area contributed by atoms with Crippen LogP contribution in [0.2, 0.25) is 0 Å². The van der Waals surface area contributed by atoms with Crippen molar-refractivity contribution in [2.45, 2.75) is 6.42 Å². The molecule has 1 amide bonds. The third-order valence-corrected chi connectivity index (χ3v) is 2.58. The van der Waals surface area contributed by atoms with Crippen LogP contribution in [0.3, 0.4) is 0 Å². The lowest BCUT2D eigenvalue weighted by atomic mass is 10.1. The molecule has 5 heteroatoms. The third kappa shape index (κ3) is 1.92. The van der Waals surface area contributed by atoms with Gasteiger partial charge in [-0.1, -0.05) is 6.07 Å². The molecule has 1 aliphatic heterocycles. The molecule has 0 aliphatic carbocycles. The maximum absolute atomic E-state index is 11.6. The predicted molar refractivity (Wildman–Crippen MR) is 56.6 cm³/mol. The Morgan fingerprint density at radius 2 is 2.27 bits per heavy atom. The Hall–Kier alpha value is -1.62. The number of hydrogen-bond donors (Lipinski definition) is 2. The Balaban J connectivity index is 2.25. The average Bonchev–Trinajstić information content (AvgIpc) is 2.60. The van der Waals surface area contributed by atoms with Gasteiger partial charge in [-0.15, -0.1) is 0 Å². The number of pyridine rings is 1. The topological polar surface area (TPSA) is 79.2 Å². The number of H-pyrrole nitrogens is 1. The van der Waals surface area contributed by atoms with Gasteiger partial charge in [0.1, 0.15) is 5.82 Å². The van der Waals surface area contributed by atoms with Crippen molar-refractivity contribution < 1.29 is 4.79 Å². The number of amides is 1. The minimum Gasteiger partial charge on any atom is -0.330 e. The molecule has 0 aromatic carbocycles. The molecule has 2 rings (SSSR count). The summed E-state index contributed by atoms with van der Waals surface area (Å²) in [4.78, 5) is 26.9. The van der Waals surface area contributed by atoms with Crippen LogP contribution in [0.4, 0.5) is 5.82 Å². The zero-order valence-corrected chi connectivity index (χ0v) is 8.27. The summed E-state index contributed by atoms with van der Waals surface area (Å²) in [6.45, 7) is 1.09. The van der Waals surface area contributed by atoms with Gasteiger partial charge in [0.2, 0.25) is 11.5 Å². The van der Waals surface area contributed by atoms with Gasteiger partial charge in [-0.25, -0.2) is 0 Å². The van der Waals surface area contributed by atoms with Crippen molar-refractivity contribution in [1.82, 2.24) is 4.98 Å². The number of anilines is 1. The van der Waals surface area contributed by atoms with Gasteiger partial charge in [0, 0.05) is 19.0 Å². The lowest BCUT2D eigenvalue weighted by Crippen LogP contribution is -2.28. The molecule has 0 spiro atoms. The number of rotatable bonds is 2. The first-order valence-electron chi connectivity index (χ1n) is 4.90. The molecule has 1 aromatic rings. The van der Waals surface area contributed by atoms with E-state index in [0.717, 1.165) is 0 Å². The van der Waals surface area contributed by atoms with Crippen molar-refractivity contribution in [3.05, 3.63) is 28.6 Å². The van der Waals surface area contributed by atoms with E-state index in [2.05, 4.69) is 4.98 Å². The van der Waals surface area contributed by atoms with E-state index in [9.17, 15) is 9.59 Å². The van der Waals surface area contributed by atoms with Crippen LogP contribution >= 0.6 is 0 Å². The molecule has 1 aromatic heterocycles. The summed E-state index contributed by atoms with van der Waals surface area (Å²) in [6, 6.07) is 4.78. The number of nitrogens with one attached hydrogen (secondary N) is 1. The second-order valence-corrected chi connectivity index (χ2v) is 3.71. The first-order chi connectivity index (χ1) is 7.20. The summed E-state index contributed by atoms with van der Waals surface area (Å²) in [5.41, 5.74) is 5.32. The molecule has 0 radical (unpaired) electrons. The van der Waals surface area contributed by atoms with E-state index in [0.29, 0.717) is 25.3 Å². The molecule has 15 heavy (non-hydrogen) atoms. The van der Waals surface area contributed by atoms with E-state index in [1.165, 1.54) is 6.07 Å². The Labute approximate surface area is 86.9 Å². The molecule has 0 bridgehead atoms. The fourth-order valence-corrected chi connectivity index (χ4v) is 1.77. The largest absolute Gasteiger partial charge is 0.330 e. The summed E-state index contributed by atoms with van der Waals surface area (Å²) < 4.78 is 0. The van der Waals surface area contributed by atoms with E-state index < -0.39 is 0 Å². The van der Waals surface area contributed by atoms with Gasteiger partial charge in [-0.05, 0) is 18.5 Å². The molecule has 80 valence electrons. The van der Waals surface area contributed by atoms with Gasteiger partial charge >= 0.3 is 0 Å². The van der Waals surface area contributed by atoms with Crippen molar-refractivity contribution in [1.29, 1.82) is 0 Å². The molecule has 1 fully saturated rings. The molecular weight excluding hydrogens is 194 g/mol. The van der Waals surface area contributed by atoms with Crippen molar-refractivity contribution >= 4 is 11.7 Å². The number of aromatic nitrogens is 1. The van der Waals surface area contributed by atoms with Crippen molar-refractivity contribution in [2.24, 2.45) is 11.7 Å². The van der Waals surface area contributed by atoms with Crippen LogP contribution in [-0.4, -0.2) is 24.0 Å². The van der Waals surface area contributed by atoms with E-state index in [4.69, 9.17) is 5.73 Å². The summed E-state index contributed by atoms with van der Waals surface area (Å²) >= 11 is 0. The lowest BCUT2D eigenvalue weighted by Gasteiger charge is -2.15. The molecule has 2 heterocycles. The van der Waals surface area contributed by atoms with Crippen molar-refractivity contribution in [3.63, 3.8) is 0 Å². The maximum Gasteiger partial charge on any atom is 0.249 e. The minimum atomic E-state index is -0.198. The summed E-state index contributed by atoms with van der Waals surface area (Å²) in [7, 11) is 0. The lowest BCUT2D eigenvalue weighted by molar-refractivity contribution is -0.117. The second kappa shape index (κ2) is 3.86. The average molecular weight is 207 g/mol. The summed E-state index contributed by atoms with van der Waals surface area (Å²) in [5, 5.41) is 0. The number of aromatic amines is 1. The Morgan fingerprint density at radius 3 is 2.87 bits per heavy atom. The molecule has 1 aliphatic rings. The summed E-state index contributed by atoms with van der Waals surface area (Å²) in [6.07, 6.45) is 0.466. The van der Waals surface area contributed by atoms with Gasteiger partial charge in [0.15, 0.2) is 0 Å². The third-order valence-electron chi connectivity index (χ3n) is 2.58. The van der Waals surface area contributed by atoms with Crippen LogP contribution in [0.1, 0.15) is 6.42 Å². The molecular formula is C10H13N3O2. The van der Waals surface area contributed by atoms with Crippen LogP contribution in [0.15, 0.2) is 23.0 Å². The number of carbonyl (C=O) groups is 1. The zero-order valence-electron chi connectivity index (χ0n) is 8.27. The van der Waals surface area contributed by atoms with E-state index >= 15 is 0 Å². The first-order valence-corrected chi connectivity index (χ1v) is 4.90. The molecule has 0 saturated carbocycles. The maximum atomic E-state index is 11.6. The first kappa shape index (κ1) is 9.92. The molecule has 1 unspecified atom stereocenters. The van der Waals surface area contributed by atoms with Crippen molar-refractivity contribution in [3.8, 4) is 0 Å². The van der Waals surface area contributed by atoms with Crippen LogP contribution < -0.4 is 16.2 Å².